The van der Waals surface area contributed by atoms with E-state index in [1.165, 1.54) is 34.0 Å². The third kappa shape index (κ3) is 19.7. The fourth-order valence-corrected chi connectivity index (χ4v) is 12.0. The molecule has 11 atom stereocenters. The van der Waals surface area contributed by atoms with Crippen LogP contribution in [0, 0.1) is 0 Å². The summed E-state index contributed by atoms with van der Waals surface area (Å²) >= 11 is 0. The number of rotatable bonds is 26. The van der Waals surface area contributed by atoms with E-state index in [4.69, 9.17) is 55.5 Å². The van der Waals surface area contributed by atoms with Crippen molar-refractivity contribution in [1.29, 1.82) is 0 Å². The Bertz CT molecular complexity index is 3010. The molecule has 5 heterocycles. The van der Waals surface area contributed by atoms with Gasteiger partial charge >= 0.3 is 39.5 Å². The zero-order chi connectivity index (χ0) is 59.5. The summed E-state index contributed by atoms with van der Waals surface area (Å²) in [5, 5.41) is 20.9. The van der Waals surface area contributed by atoms with Crippen molar-refractivity contribution in [2.24, 2.45) is 10.8 Å². The molecule has 0 radical (unpaired) electrons. The number of amides is 2. The second-order valence-corrected chi connectivity index (χ2v) is 26.3. The number of azide groups is 1. The van der Waals surface area contributed by atoms with E-state index >= 15 is 0 Å². The third-order valence-electron chi connectivity index (χ3n) is 11.7. The minimum absolute atomic E-state index is 0.0269. The van der Waals surface area contributed by atoms with E-state index in [1.807, 2.05) is 20.8 Å². The van der Waals surface area contributed by atoms with Gasteiger partial charge in [0.15, 0.2) is 23.8 Å². The quantitative estimate of drug-likeness (QED) is 0.00610. The first-order valence-electron chi connectivity index (χ1n) is 24.9. The monoisotopic (exact) mass is 1220 g/mol. The average Bonchev–Trinajstić information content (AvgIpc) is 4.26. The maximum atomic E-state index is 14.4. The molecular formula is C45H66N14O18P2S2. The highest BCUT2D eigenvalue weighted by molar-refractivity contribution is 8.77. The van der Waals surface area contributed by atoms with Crippen LogP contribution in [0.3, 0.4) is 0 Å². The van der Waals surface area contributed by atoms with Crippen LogP contribution in [0.2, 0.25) is 0 Å². The number of benzene rings is 1. The number of hydrogen-bond acceptors (Lipinski definition) is 25. The Morgan fingerprint density at radius 2 is 1.65 bits per heavy atom. The number of aromatic nitrogens is 6. The second kappa shape index (κ2) is 28.1. The van der Waals surface area contributed by atoms with Crippen molar-refractivity contribution in [2.45, 2.75) is 152 Å². The van der Waals surface area contributed by atoms with Gasteiger partial charge in [-0.3, -0.25) is 22.7 Å². The molecule has 2 saturated heterocycles. The molecule has 4 aromatic rings. The highest BCUT2D eigenvalue weighted by Crippen LogP contribution is 2.50. The van der Waals surface area contributed by atoms with Crippen LogP contribution in [0.4, 0.5) is 26.9 Å². The number of aliphatic hydroxyl groups excluding tert-OH is 1. The number of phosphoric ester groups is 2. The largest absolute Gasteiger partial charge is 0.472 e. The van der Waals surface area contributed by atoms with E-state index in [0.29, 0.717) is 29.8 Å². The molecule has 0 saturated carbocycles. The summed E-state index contributed by atoms with van der Waals surface area (Å²) in [7, 11) is -7.33. The number of nitrogen functional groups attached to an aromatic ring is 2. The Morgan fingerprint density at radius 3 is 2.32 bits per heavy atom. The predicted molar refractivity (Wildman–Crippen MR) is 291 cm³/mol. The summed E-state index contributed by atoms with van der Waals surface area (Å²) in [5.74, 6) is -0.858. The lowest BCUT2D eigenvalue weighted by molar-refractivity contribution is -0.159. The van der Waals surface area contributed by atoms with Gasteiger partial charge in [0.25, 0.3) is 0 Å². The number of phosphoric acid groups is 2. The Balaban J connectivity index is 1.17. The molecule has 2 aliphatic heterocycles. The summed E-state index contributed by atoms with van der Waals surface area (Å²) in [6.07, 6.45) is -8.65. The standard InChI is InChI=1S/C45H66N14O18P2S2/c1-44(2,3)76-43(64)53-27(10-8-7-9-26(46)28(21-80-81-45(4,5)6)54-42(63)70-18-24-11-13-25(14-12-24)56-57-49)40(61)75-36-31(74-39(35(36)60)59-23-52-34-37(48)50-22-51-38(34)59)20-72-79(68,69)77-29-17-33(58-16-15-32(47)55-41(58)62)73-30(29)19-71-78(65,66)67/h11-16,22-23,26-31,33,35-36,39,60H,7-10,17-21,46H2,1-6H3,(H,53,64)(H,54,63)(H,68,69)(H2,47,55,62)(H2,48,50,51)(H2,65,66,67)/t26?,27?,28-,29-,30+,31-,33+,35+,36+,39+/m0/s1. The molecular weight excluding hydrogens is 1150 g/mol. The molecule has 3 aromatic heterocycles. The molecule has 2 amide bonds. The minimum atomic E-state index is -5.31. The molecule has 0 bridgehead atoms. The zero-order valence-electron chi connectivity index (χ0n) is 44.7. The Labute approximate surface area is 471 Å². The van der Waals surface area contributed by atoms with Crippen molar-refractivity contribution in [3.05, 3.63) is 75.7 Å². The second-order valence-electron chi connectivity index (χ2n) is 20.5. The van der Waals surface area contributed by atoms with Crippen molar-refractivity contribution in [3.63, 3.8) is 0 Å². The first-order valence-corrected chi connectivity index (χ1v) is 30.3. The van der Waals surface area contributed by atoms with E-state index in [2.05, 4.69) is 45.1 Å². The molecule has 81 heavy (non-hydrogen) atoms. The molecule has 1 aromatic carbocycles. The van der Waals surface area contributed by atoms with Crippen LogP contribution < -0.4 is 33.5 Å². The van der Waals surface area contributed by atoms with Crippen molar-refractivity contribution in [1.82, 2.24) is 39.7 Å². The van der Waals surface area contributed by atoms with E-state index in [9.17, 15) is 48.1 Å². The number of fused-ring (bicyclic) bond motifs is 1. The van der Waals surface area contributed by atoms with Gasteiger partial charge in [-0.1, -0.05) is 84.6 Å². The smallest absolute Gasteiger partial charge is 0.455 e. The van der Waals surface area contributed by atoms with Gasteiger partial charge in [-0.15, -0.1) is 0 Å². The molecule has 12 N–H and O–H groups in total. The van der Waals surface area contributed by atoms with Gasteiger partial charge < -0.3 is 71.3 Å². The fourth-order valence-electron chi connectivity index (χ4n) is 8.06. The highest BCUT2D eigenvalue weighted by atomic mass is 33.1. The Hall–Kier alpha value is -5.67. The number of unbranched alkanes of at least 4 members (excludes halogenated alkanes) is 1. The minimum Gasteiger partial charge on any atom is -0.455 e. The summed E-state index contributed by atoms with van der Waals surface area (Å²) in [4.78, 5) is 102. The number of nitrogens with two attached hydrogens (primary N) is 3. The van der Waals surface area contributed by atoms with Gasteiger partial charge in [0.1, 0.15) is 66.6 Å². The van der Waals surface area contributed by atoms with Gasteiger partial charge in [0.05, 0.1) is 25.6 Å². The van der Waals surface area contributed by atoms with Gasteiger partial charge in [0, 0.05) is 39.8 Å². The topological polar surface area (TPSA) is 469 Å². The van der Waals surface area contributed by atoms with Gasteiger partial charge in [-0.25, -0.2) is 43.3 Å². The Morgan fingerprint density at radius 1 is 0.951 bits per heavy atom. The summed E-state index contributed by atoms with van der Waals surface area (Å²) in [6, 6.07) is 5.08. The summed E-state index contributed by atoms with van der Waals surface area (Å²) in [6.45, 7) is 9.02. The molecule has 36 heteroatoms. The number of imidazole rings is 1. The van der Waals surface area contributed by atoms with Crippen molar-refractivity contribution < 1.29 is 80.6 Å². The van der Waals surface area contributed by atoms with Crippen LogP contribution in [-0.4, -0.2) is 145 Å². The van der Waals surface area contributed by atoms with Crippen molar-refractivity contribution in [2.75, 3.05) is 30.4 Å². The number of nitrogens with one attached hydrogen (secondary N) is 2. The highest BCUT2D eigenvalue weighted by Gasteiger charge is 2.50. The summed E-state index contributed by atoms with van der Waals surface area (Å²) in [5.41, 5.74) is 26.4. The number of nitrogens with zero attached hydrogens (tertiary/aromatic N) is 9. The first kappa shape index (κ1) is 64.5. The SMILES string of the molecule is CC(C)(C)OC(=O)NC(CCCCC(N)[C@H](CSSC(C)(C)C)NC(=O)OCc1ccc(N=[N+]=[N-])cc1)C(=O)O[C@H]1[C@@H](O)[C@H](n2cnc3c(N)ncnc32)O[C@H]1COP(=O)(O)O[C@H]1C[C@H](n2ccc(N)nc2=O)O[C@@H]1COP(=O)(O)O. The normalized spacial score (nSPS) is 22.2. The van der Waals surface area contributed by atoms with Crippen LogP contribution in [0.5, 0.6) is 0 Å². The molecule has 32 nitrogen and oxygen atoms in total. The molecule has 2 aliphatic rings. The number of anilines is 2. The van der Waals surface area contributed by atoms with Crippen LogP contribution >= 0.6 is 37.2 Å². The molecule has 446 valence electrons. The predicted octanol–water partition coefficient (Wildman–Crippen LogP) is 4.51. The number of aliphatic hydroxyl groups is 1. The molecule has 3 unspecified atom stereocenters. The lowest BCUT2D eigenvalue weighted by Gasteiger charge is -2.27. The average molecular weight is 1220 g/mol. The van der Waals surface area contributed by atoms with E-state index in [1.54, 1.807) is 55.8 Å². The maximum absolute atomic E-state index is 14.4. The third-order valence-corrected chi connectivity index (χ3v) is 16.6. The number of carbonyl (C=O) groups excluding carboxylic acids is 3. The molecule has 2 fully saturated rings. The van der Waals surface area contributed by atoms with E-state index in [0.717, 1.165) is 10.9 Å². The lowest BCUT2D eigenvalue weighted by atomic mass is 10.0. The first-order chi connectivity index (χ1) is 38.0. The molecule has 6 rings (SSSR count). The number of esters is 1. The van der Waals surface area contributed by atoms with Crippen molar-refractivity contribution in [3.8, 4) is 0 Å². The zero-order valence-corrected chi connectivity index (χ0v) is 48.2. The van der Waals surface area contributed by atoms with Gasteiger partial charge in [0.2, 0.25) is 0 Å². The maximum Gasteiger partial charge on any atom is 0.472 e. The van der Waals surface area contributed by atoms with Crippen LogP contribution in [0.15, 0.2) is 59.1 Å². The number of carbonyl (C=O) groups is 3. The Kier molecular flexibility index (Phi) is 22.4. The number of hydrogen-bond donors (Lipinski definition) is 9. The summed E-state index contributed by atoms with van der Waals surface area (Å²) < 4.78 is 71.7. The lowest BCUT2D eigenvalue weighted by Crippen LogP contribution is -2.49. The number of ether oxygens (including phenoxy) is 5. The van der Waals surface area contributed by atoms with Crippen molar-refractivity contribution >= 4 is 83.9 Å². The molecule has 0 spiro atoms. The van der Waals surface area contributed by atoms with Gasteiger partial charge in [-0.2, -0.15) is 4.98 Å². The van der Waals surface area contributed by atoms with Gasteiger partial charge in [-0.05, 0) is 50.8 Å². The molecule has 0 aliphatic carbocycles. The van der Waals surface area contributed by atoms with Crippen LogP contribution in [-0.2, 0) is 57.8 Å². The fraction of sp³-hybridized carbons (Fsp3) is 0.600. The van der Waals surface area contributed by atoms with Crippen LogP contribution in [0.1, 0.15) is 91.7 Å². The van der Waals surface area contributed by atoms with E-state index in [-0.39, 0.29) is 53.4 Å². The number of alkyl carbamates (subject to hydrolysis) is 2. The van der Waals surface area contributed by atoms with Crippen LogP contribution in [0.25, 0.3) is 21.6 Å². The van der Waals surface area contributed by atoms with E-state index < -0.39 is 119 Å².